The first-order valence-corrected chi connectivity index (χ1v) is 9.78. The van der Waals surface area contributed by atoms with Crippen molar-refractivity contribution in [1.82, 2.24) is 0 Å². The molecule has 0 aromatic carbocycles. The lowest BCUT2D eigenvalue weighted by Crippen LogP contribution is -2.51. The number of allylic oxidation sites excluding steroid dienone is 1. The van der Waals surface area contributed by atoms with Gasteiger partial charge in [0.15, 0.2) is 0 Å². The van der Waals surface area contributed by atoms with Crippen molar-refractivity contribution in [2.24, 2.45) is 28.6 Å². The normalized spacial score (nSPS) is 52.3. The SMILES string of the molecule is COC1CCC2(C)C(=CCC3C2CCC2(C)C(OC)CCC32)C1. The maximum Gasteiger partial charge on any atom is 0.0627 e. The fraction of sp³-hybridized carbons (Fsp3) is 0.905. The van der Waals surface area contributed by atoms with E-state index < -0.39 is 0 Å². The van der Waals surface area contributed by atoms with Crippen molar-refractivity contribution < 1.29 is 9.47 Å². The Kier molecular flexibility index (Phi) is 3.93. The molecule has 0 spiro atoms. The van der Waals surface area contributed by atoms with E-state index in [1.807, 2.05) is 14.2 Å². The summed E-state index contributed by atoms with van der Waals surface area (Å²) in [5.74, 6) is 2.66. The molecule has 2 nitrogen and oxygen atoms in total. The third kappa shape index (κ3) is 2.20. The van der Waals surface area contributed by atoms with Gasteiger partial charge in [-0.1, -0.05) is 25.5 Å². The second-order valence-electron chi connectivity index (χ2n) is 9.21. The highest BCUT2D eigenvalue weighted by molar-refractivity contribution is 5.25. The lowest BCUT2D eigenvalue weighted by molar-refractivity contribution is -0.0834. The van der Waals surface area contributed by atoms with Crippen LogP contribution in [0.1, 0.15) is 65.2 Å². The summed E-state index contributed by atoms with van der Waals surface area (Å²) in [6.07, 6.45) is 14.1. The third-order valence-corrected chi connectivity index (χ3v) is 8.59. The van der Waals surface area contributed by atoms with E-state index in [1.54, 1.807) is 5.57 Å². The molecule has 4 aliphatic rings. The minimum Gasteiger partial charge on any atom is -0.381 e. The van der Waals surface area contributed by atoms with Crippen LogP contribution in [0.3, 0.4) is 0 Å². The number of methoxy groups -OCH3 is 2. The molecule has 0 N–H and O–H groups in total. The second kappa shape index (κ2) is 5.59. The largest absolute Gasteiger partial charge is 0.381 e. The maximum absolute atomic E-state index is 5.89. The Hall–Kier alpha value is -0.340. The lowest BCUT2D eigenvalue weighted by atomic mass is 9.48. The van der Waals surface area contributed by atoms with Gasteiger partial charge in [0.1, 0.15) is 0 Å². The average Bonchev–Trinajstić information content (AvgIpc) is 2.90. The fourth-order valence-electron chi connectivity index (χ4n) is 7.17. The summed E-state index contributed by atoms with van der Waals surface area (Å²) in [7, 11) is 3.81. The van der Waals surface area contributed by atoms with Crippen LogP contribution in [0, 0.1) is 28.6 Å². The molecule has 4 aliphatic carbocycles. The van der Waals surface area contributed by atoms with E-state index in [2.05, 4.69) is 19.9 Å². The summed E-state index contributed by atoms with van der Waals surface area (Å²) in [6, 6.07) is 0. The highest BCUT2D eigenvalue weighted by Gasteiger charge is 2.58. The highest BCUT2D eigenvalue weighted by Crippen LogP contribution is 2.65. The van der Waals surface area contributed by atoms with Gasteiger partial charge in [-0.25, -0.2) is 0 Å². The molecule has 0 bridgehead atoms. The first-order valence-electron chi connectivity index (χ1n) is 9.78. The van der Waals surface area contributed by atoms with Gasteiger partial charge in [0, 0.05) is 14.2 Å². The molecular weight excluding hydrogens is 284 g/mol. The van der Waals surface area contributed by atoms with Crippen molar-refractivity contribution in [3.8, 4) is 0 Å². The Morgan fingerprint density at radius 2 is 1.78 bits per heavy atom. The number of rotatable bonds is 2. The van der Waals surface area contributed by atoms with Crippen molar-refractivity contribution in [2.45, 2.75) is 77.4 Å². The van der Waals surface area contributed by atoms with Gasteiger partial charge < -0.3 is 9.47 Å². The second-order valence-corrected chi connectivity index (χ2v) is 9.21. The van der Waals surface area contributed by atoms with E-state index in [-0.39, 0.29) is 0 Å². The van der Waals surface area contributed by atoms with Crippen molar-refractivity contribution >= 4 is 0 Å². The zero-order valence-electron chi connectivity index (χ0n) is 15.4. The molecule has 0 heterocycles. The van der Waals surface area contributed by atoms with Gasteiger partial charge in [0.25, 0.3) is 0 Å². The summed E-state index contributed by atoms with van der Waals surface area (Å²) in [5.41, 5.74) is 2.60. The topological polar surface area (TPSA) is 18.5 Å². The van der Waals surface area contributed by atoms with Crippen molar-refractivity contribution in [2.75, 3.05) is 14.2 Å². The Morgan fingerprint density at radius 1 is 0.957 bits per heavy atom. The number of ether oxygens (including phenoxy) is 2. The monoisotopic (exact) mass is 318 g/mol. The molecule has 2 heteroatoms. The molecule has 0 aromatic heterocycles. The van der Waals surface area contributed by atoms with Gasteiger partial charge in [-0.15, -0.1) is 0 Å². The highest BCUT2D eigenvalue weighted by atomic mass is 16.5. The van der Waals surface area contributed by atoms with Crippen LogP contribution in [-0.2, 0) is 9.47 Å². The molecule has 0 aromatic rings. The van der Waals surface area contributed by atoms with E-state index in [0.29, 0.717) is 23.0 Å². The Balaban J connectivity index is 1.63. The van der Waals surface area contributed by atoms with Gasteiger partial charge in [-0.3, -0.25) is 0 Å². The zero-order chi connectivity index (χ0) is 16.2. The minimum absolute atomic E-state index is 0.432. The fourth-order valence-corrected chi connectivity index (χ4v) is 7.17. The molecule has 130 valence electrons. The first kappa shape index (κ1) is 16.1. The van der Waals surface area contributed by atoms with Gasteiger partial charge in [-0.05, 0) is 80.0 Å². The molecule has 3 saturated carbocycles. The van der Waals surface area contributed by atoms with Crippen LogP contribution < -0.4 is 0 Å². The molecular formula is C21H34O2. The molecule has 23 heavy (non-hydrogen) atoms. The van der Waals surface area contributed by atoms with Gasteiger partial charge in [0.05, 0.1) is 12.2 Å². The average molecular weight is 319 g/mol. The molecule has 0 amide bonds. The number of hydrogen-bond acceptors (Lipinski definition) is 2. The van der Waals surface area contributed by atoms with Gasteiger partial charge in [0.2, 0.25) is 0 Å². The molecule has 7 unspecified atom stereocenters. The molecule has 0 aliphatic heterocycles. The smallest absolute Gasteiger partial charge is 0.0627 e. The predicted octanol–water partition coefficient (Wildman–Crippen LogP) is 4.98. The maximum atomic E-state index is 5.89. The predicted molar refractivity (Wildman–Crippen MR) is 93.3 cm³/mol. The Labute approximate surface area is 142 Å². The minimum atomic E-state index is 0.432. The van der Waals surface area contributed by atoms with Crippen LogP contribution in [0.25, 0.3) is 0 Å². The lowest BCUT2D eigenvalue weighted by Gasteiger charge is -2.58. The quantitative estimate of drug-likeness (QED) is 0.669. The molecule has 7 atom stereocenters. The van der Waals surface area contributed by atoms with Crippen LogP contribution in [0.5, 0.6) is 0 Å². The Morgan fingerprint density at radius 3 is 2.52 bits per heavy atom. The van der Waals surface area contributed by atoms with Gasteiger partial charge >= 0.3 is 0 Å². The summed E-state index contributed by atoms with van der Waals surface area (Å²) < 4.78 is 11.6. The number of fused-ring (bicyclic) bond motifs is 5. The van der Waals surface area contributed by atoms with Crippen LogP contribution >= 0.6 is 0 Å². The van der Waals surface area contributed by atoms with Crippen molar-refractivity contribution in [3.63, 3.8) is 0 Å². The third-order valence-electron chi connectivity index (χ3n) is 8.59. The van der Waals surface area contributed by atoms with E-state index in [4.69, 9.17) is 9.47 Å². The van der Waals surface area contributed by atoms with Crippen LogP contribution in [0.15, 0.2) is 11.6 Å². The molecule has 0 saturated heterocycles. The summed E-state index contributed by atoms with van der Waals surface area (Å²) >= 11 is 0. The van der Waals surface area contributed by atoms with Gasteiger partial charge in [-0.2, -0.15) is 0 Å². The summed E-state index contributed by atoms with van der Waals surface area (Å²) in [4.78, 5) is 0. The molecule has 3 fully saturated rings. The standard InChI is InChI=1S/C21H34O2/c1-20-11-9-15(22-3)13-14(20)5-6-16-17-7-8-19(23-4)21(17,2)12-10-18(16)20/h5,15-19H,6-13H2,1-4H3. The van der Waals surface area contributed by atoms with Crippen LogP contribution in [0.2, 0.25) is 0 Å². The van der Waals surface area contributed by atoms with Crippen molar-refractivity contribution in [1.29, 1.82) is 0 Å². The summed E-state index contributed by atoms with van der Waals surface area (Å²) in [6.45, 7) is 5.10. The van der Waals surface area contributed by atoms with E-state index in [1.165, 1.54) is 51.4 Å². The van der Waals surface area contributed by atoms with E-state index >= 15 is 0 Å². The van der Waals surface area contributed by atoms with E-state index in [0.717, 1.165) is 17.8 Å². The molecule has 0 radical (unpaired) electrons. The first-order chi connectivity index (χ1) is 11.0. The van der Waals surface area contributed by atoms with Crippen molar-refractivity contribution in [3.05, 3.63) is 11.6 Å². The van der Waals surface area contributed by atoms with Crippen LogP contribution in [-0.4, -0.2) is 26.4 Å². The number of hydrogen-bond donors (Lipinski definition) is 0. The Bertz CT molecular complexity index is 498. The zero-order valence-corrected chi connectivity index (χ0v) is 15.4. The van der Waals surface area contributed by atoms with E-state index in [9.17, 15) is 0 Å². The summed E-state index contributed by atoms with van der Waals surface area (Å²) in [5, 5.41) is 0. The van der Waals surface area contributed by atoms with Crippen LogP contribution in [0.4, 0.5) is 0 Å². The molecule has 4 rings (SSSR count).